The van der Waals surface area contributed by atoms with Gasteiger partial charge >= 0.3 is 0 Å². The van der Waals surface area contributed by atoms with Gasteiger partial charge in [0.05, 0.1) is 19.0 Å². The van der Waals surface area contributed by atoms with E-state index >= 15 is 0 Å². The Labute approximate surface area is 103 Å². The summed E-state index contributed by atoms with van der Waals surface area (Å²) in [6.45, 7) is 0. The minimum absolute atomic E-state index is 0.323. The molecule has 0 spiro atoms. The Morgan fingerprint density at radius 3 is 3.06 bits per heavy atom. The van der Waals surface area contributed by atoms with Crippen LogP contribution in [0.15, 0.2) is 35.7 Å². The number of rotatable bonds is 3. The van der Waals surface area contributed by atoms with Crippen LogP contribution in [-0.2, 0) is 0 Å². The van der Waals surface area contributed by atoms with Crippen LogP contribution in [0.3, 0.4) is 0 Å². The molecule has 0 aliphatic carbocycles. The first-order chi connectivity index (χ1) is 8.81. The average Bonchev–Trinajstić information content (AvgIpc) is 2.86. The van der Waals surface area contributed by atoms with Gasteiger partial charge in [-0.15, -0.1) is 0 Å². The third kappa shape index (κ3) is 1.89. The van der Waals surface area contributed by atoms with Crippen molar-refractivity contribution >= 4 is 6.21 Å². The fraction of sp³-hybridized carbons (Fsp3) is 0.0833. The molecule has 18 heavy (non-hydrogen) atoms. The highest BCUT2D eigenvalue weighted by molar-refractivity contribution is 5.78. The molecular weight excluding hydrogens is 232 g/mol. The number of aromatic nitrogens is 2. The lowest BCUT2D eigenvalue weighted by Gasteiger charge is -2.09. The van der Waals surface area contributed by atoms with Crippen molar-refractivity contribution in [3.05, 3.63) is 41.9 Å². The van der Waals surface area contributed by atoms with Crippen LogP contribution in [-0.4, -0.2) is 28.1 Å². The second kappa shape index (κ2) is 5.01. The molecule has 0 bridgehead atoms. The Balaban J connectivity index is 2.64. The summed E-state index contributed by atoms with van der Waals surface area (Å²) >= 11 is 0. The molecule has 0 saturated carbocycles. The maximum absolute atomic E-state index is 9.18. The Morgan fingerprint density at radius 1 is 1.56 bits per heavy atom. The van der Waals surface area contributed by atoms with Crippen LogP contribution < -0.4 is 4.74 Å². The molecule has 2 aromatic rings. The Hall–Kier alpha value is -2.81. The van der Waals surface area contributed by atoms with E-state index in [0.717, 1.165) is 0 Å². The summed E-state index contributed by atoms with van der Waals surface area (Å²) < 4.78 is 6.76. The van der Waals surface area contributed by atoms with Crippen LogP contribution in [0.5, 0.6) is 5.75 Å². The molecule has 0 fully saturated rings. The molecule has 2 aromatic heterocycles. The summed E-state index contributed by atoms with van der Waals surface area (Å²) in [4.78, 5) is 4.16. The van der Waals surface area contributed by atoms with Crippen LogP contribution in [0.2, 0.25) is 0 Å². The summed E-state index contributed by atoms with van der Waals surface area (Å²) in [5.74, 6) is 0.875. The zero-order valence-electron chi connectivity index (χ0n) is 9.61. The van der Waals surface area contributed by atoms with E-state index in [9.17, 15) is 5.26 Å². The predicted molar refractivity (Wildman–Crippen MR) is 64.2 cm³/mol. The van der Waals surface area contributed by atoms with Crippen LogP contribution >= 0.6 is 0 Å². The molecule has 0 atom stereocenters. The SMILES string of the molecule is COc1ccnc(-n2cccc2C=NO)c1C#N. The fourth-order valence-electron chi connectivity index (χ4n) is 1.64. The first kappa shape index (κ1) is 11.7. The highest BCUT2D eigenvalue weighted by atomic mass is 16.5. The van der Waals surface area contributed by atoms with Gasteiger partial charge in [-0.05, 0) is 18.2 Å². The maximum Gasteiger partial charge on any atom is 0.158 e. The third-order valence-electron chi connectivity index (χ3n) is 2.42. The lowest BCUT2D eigenvalue weighted by Crippen LogP contribution is -2.04. The summed E-state index contributed by atoms with van der Waals surface area (Å²) in [5.41, 5.74) is 0.929. The lowest BCUT2D eigenvalue weighted by molar-refractivity contribution is 0.321. The van der Waals surface area contributed by atoms with Crippen molar-refractivity contribution in [3.8, 4) is 17.6 Å². The third-order valence-corrected chi connectivity index (χ3v) is 2.42. The minimum atomic E-state index is 0.323. The van der Waals surface area contributed by atoms with Gasteiger partial charge in [-0.1, -0.05) is 5.16 Å². The van der Waals surface area contributed by atoms with Crippen molar-refractivity contribution in [2.24, 2.45) is 5.16 Å². The average molecular weight is 242 g/mol. The monoisotopic (exact) mass is 242 g/mol. The summed E-state index contributed by atoms with van der Waals surface area (Å²) in [7, 11) is 1.49. The molecule has 0 aliphatic heterocycles. The van der Waals surface area contributed by atoms with Gasteiger partial charge in [-0.25, -0.2) is 4.98 Å². The Bertz CT molecular complexity index is 625. The zero-order chi connectivity index (χ0) is 13.0. The van der Waals surface area contributed by atoms with Crippen molar-refractivity contribution in [2.45, 2.75) is 0 Å². The number of methoxy groups -OCH3 is 1. The number of pyridine rings is 1. The first-order valence-electron chi connectivity index (χ1n) is 5.10. The summed E-state index contributed by atoms with van der Waals surface area (Å²) in [6, 6.07) is 7.18. The standard InChI is InChI=1S/C12H10N4O2/c1-18-11-4-5-14-12(10(11)7-13)16-6-2-3-9(16)8-15-17/h2-6,8,17H,1H3. The molecule has 6 heteroatoms. The molecular formula is C12H10N4O2. The van der Waals surface area contributed by atoms with E-state index in [-0.39, 0.29) is 0 Å². The van der Waals surface area contributed by atoms with E-state index in [1.807, 2.05) is 0 Å². The normalized spacial score (nSPS) is 10.4. The zero-order valence-corrected chi connectivity index (χ0v) is 9.61. The second-order valence-electron chi connectivity index (χ2n) is 3.37. The predicted octanol–water partition coefficient (Wildman–Crippen LogP) is 1.56. The lowest BCUT2D eigenvalue weighted by atomic mass is 10.2. The number of nitriles is 1. The summed E-state index contributed by atoms with van der Waals surface area (Å²) in [6.07, 6.45) is 4.54. The smallest absolute Gasteiger partial charge is 0.158 e. The number of nitrogens with zero attached hydrogens (tertiary/aromatic N) is 4. The molecule has 0 radical (unpaired) electrons. The number of oxime groups is 1. The molecule has 1 N–H and O–H groups in total. The Morgan fingerprint density at radius 2 is 2.39 bits per heavy atom. The van der Waals surface area contributed by atoms with Crippen molar-refractivity contribution < 1.29 is 9.94 Å². The van der Waals surface area contributed by atoms with E-state index in [0.29, 0.717) is 22.8 Å². The highest BCUT2D eigenvalue weighted by Crippen LogP contribution is 2.23. The minimum Gasteiger partial charge on any atom is -0.495 e. The molecule has 0 amide bonds. The van der Waals surface area contributed by atoms with Crippen LogP contribution in [0.25, 0.3) is 5.82 Å². The van der Waals surface area contributed by atoms with Gasteiger partial charge in [0, 0.05) is 12.4 Å². The second-order valence-corrected chi connectivity index (χ2v) is 3.37. The molecule has 0 saturated heterocycles. The van der Waals surface area contributed by atoms with Crippen molar-refractivity contribution in [1.29, 1.82) is 5.26 Å². The van der Waals surface area contributed by atoms with E-state index in [2.05, 4.69) is 16.2 Å². The Kier molecular flexibility index (Phi) is 3.25. The number of hydrogen-bond donors (Lipinski definition) is 1. The van der Waals surface area contributed by atoms with Gasteiger partial charge in [-0.2, -0.15) is 5.26 Å². The fourth-order valence-corrected chi connectivity index (χ4v) is 1.64. The van der Waals surface area contributed by atoms with Crippen molar-refractivity contribution in [3.63, 3.8) is 0 Å². The van der Waals surface area contributed by atoms with Crippen LogP contribution in [0.4, 0.5) is 0 Å². The first-order valence-corrected chi connectivity index (χ1v) is 5.10. The highest BCUT2D eigenvalue weighted by Gasteiger charge is 2.13. The van der Waals surface area contributed by atoms with E-state index in [1.165, 1.54) is 13.3 Å². The largest absolute Gasteiger partial charge is 0.495 e. The maximum atomic E-state index is 9.18. The topological polar surface area (TPSA) is 83.4 Å². The van der Waals surface area contributed by atoms with Gasteiger partial charge in [0.1, 0.15) is 17.4 Å². The molecule has 0 aromatic carbocycles. The molecule has 2 rings (SSSR count). The molecule has 0 aliphatic rings. The number of ether oxygens (including phenoxy) is 1. The van der Waals surface area contributed by atoms with Crippen LogP contribution in [0.1, 0.15) is 11.3 Å². The van der Waals surface area contributed by atoms with Crippen LogP contribution in [0, 0.1) is 11.3 Å². The van der Waals surface area contributed by atoms with Crippen molar-refractivity contribution in [2.75, 3.05) is 7.11 Å². The molecule has 6 nitrogen and oxygen atoms in total. The van der Waals surface area contributed by atoms with Gasteiger partial charge in [0.2, 0.25) is 0 Å². The van der Waals surface area contributed by atoms with Gasteiger partial charge in [0.25, 0.3) is 0 Å². The van der Waals surface area contributed by atoms with E-state index < -0.39 is 0 Å². The van der Waals surface area contributed by atoms with Gasteiger partial charge < -0.3 is 9.94 Å². The summed E-state index contributed by atoms with van der Waals surface area (Å²) in [5, 5.41) is 20.7. The molecule has 2 heterocycles. The molecule has 0 unspecified atom stereocenters. The van der Waals surface area contributed by atoms with E-state index in [4.69, 9.17) is 9.94 Å². The van der Waals surface area contributed by atoms with E-state index in [1.54, 1.807) is 35.2 Å². The van der Waals surface area contributed by atoms with Gasteiger partial charge in [0.15, 0.2) is 5.82 Å². The van der Waals surface area contributed by atoms with Crippen molar-refractivity contribution in [1.82, 2.24) is 9.55 Å². The quantitative estimate of drug-likeness (QED) is 0.503. The molecule has 90 valence electrons. The number of hydrogen-bond acceptors (Lipinski definition) is 5. The van der Waals surface area contributed by atoms with Gasteiger partial charge in [-0.3, -0.25) is 4.57 Å².